The van der Waals surface area contributed by atoms with Gasteiger partial charge < -0.3 is 18.6 Å². The molecule has 1 aromatic heterocycles. The van der Waals surface area contributed by atoms with Crippen molar-refractivity contribution < 1.29 is 18.6 Å². The quantitative estimate of drug-likeness (QED) is 0.150. The highest BCUT2D eigenvalue weighted by atomic mass is 16.7. The summed E-state index contributed by atoms with van der Waals surface area (Å²) in [6, 6.07) is 48.2. The molecule has 0 saturated carbocycles. The highest BCUT2D eigenvalue weighted by Crippen LogP contribution is 2.39. The summed E-state index contributed by atoms with van der Waals surface area (Å²) in [5.41, 5.74) is 7.10. The molecule has 2 aliphatic heterocycles. The minimum absolute atomic E-state index is 0.475. The van der Waals surface area contributed by atoms with Crippen molar-refractivity contribution in [1.29, 1.82) is 0 Å². The number of fused-ring (bicyclic) bond motifs is 1. The van der Waals surface area contributed by atoms with E-state index < -0.39 is 36.6 Å². The second-order valence-electron chi connectivity index (χ2n) is 17.5. The van der Waals surface area contributed by atoms with E-state index in [1.54, 1.807) is 0 Å². The van der Waals surface area contributed by atoms with Crippen LogP contribution in [0.25, 0.3) is 67.2 Å². The second kappa shape index (κ2) is 14.1. The molecule has 288 valence electrons. The van der Waals surface area contributed by atoms with E-state index in [2.05, 4.69) is 134 Å². The van der Waals surface area contributed by atoms with Gasteiger partial charge in [-0.1, -0.05) is 127 Å². The molecule has 0 radical (unpaired) electrons. The Hall–Kier alpha value is -5.44. The van der Waals surface area contributed by atoms with Crippen LogP contribution in [0.4, 0.5) is 0 Å². The van der Waals surface area contributed by atoms with Crippen molar-refractivity contribution in [3.63, 3.8) is 0 Å². The molecular weight excluding hydrogens is 716 g/mol. The summed E-state index contributed by atoms with van der Waals surface area (Å²) < 4.78 is 26.2. The van der Waals surface area contributed by atoms with Crippen molar-refractivity contribution in [2.75, 3.05) is 0 Å². The van der Waals surface area contributed by atoms with Crippen LogP contribution in [0.3, 0.4) is 0 Å². The zero-order valence-corrected chi connectivity index (χ0v) is 34.4. The van der Waals surface area contributed by atoms with E-state index in [4.69, 9.17) is 33.6 Å². The Kier molecular flexibility index (Phi) is 9.29. The molecule has 0 unspecified atom stereocenters. The Morgan fingerprint density at radius 1 is 0.328 bits per heavy atom. The molecule has 0 spiro atoms. The minimum Gasteiger partial charge on any atom is -0.399 e. The maximum Gasteiger partial charge on any atom is 0.494 e. The number of rotatable bonds is 7. The summed E-state index contributed by atoms with van der Waals surface area (Å²) in [4.78, 5) is 14.7. The van der Waals surface area contributed by atoms with E-state index in [-0.39, 0.29) is 0 Å². The molecular formula is C49H47B2N3O4. The van der Waals surface area contributed by atoms with E-state index in [0.717, 1.165) is 60.6 Å². The van der Waals surface area contributed by atoms with Gasteiger partial charge >= 0.3 is 14.2 Å². The van der Waals surface area contributed by atoms with Crippen LogP contribution in [0.1, 0.15) is 55.4 Å². The Balaban J connectivity index is 1.06. The summed E-state index contributed by atoms with van der Waals surface area (Å²) in [6.07, 6.45) is 0. The van der Waals surface area contributed by atoms with Crippen LogP contribution in [0.2, 0.25) is 0 Å². The SMILES string of the molecule is CC1(C)OB(c2cc(B3OC(C)(C)C(C)(C)O3)cc(-c3ccc4ccc(-c5ccc(-c6nc(-c7ccccc7)nc(-c7ccccc7)n6)cc5)cc4c3)c2)OC1(C)C. The topological polar surface area (TPSA) is 75.6 Å². The van der Waals surface area contributed by atoms with Crippen LogP contribution in [0, 0.1) is 0 Å². The molecule has 2 fully saturated rings. The Labute approximate surface area is 342 Å². The lowest BCUT2D eigenvalue weighted by atomic mass is 9.70. The molecule has 2 aliphatic rings. The van der Waals surface area contributed by atoms with E-state index in [9.17, 15) is 0 Å². The smallest absolute Gasteiger partial charge is 0.399 e. The molecule has 0 amide bonds. The molecule has 7 nitrogen and oxygen atoms in total. The van der Waals surface area contributed by atoms with E-state index in [1.807, 2.05) is 60.7 Å². The van der Waals surface area contributed by atoms with Crippen molar-refractivity contribution in [2.24, 2.45) is 0 Å². The lowest BCUT2D eigenvalue weighted by Crippen LogP contribution is -2.41. The predicted molar refractivity (Wildman–Crippen MR) is 236 cm³/mol. The summed E-state index contributed by atoms with van der Waals surface area (Å²) >= 11 is 0. The average molecular weight is 764 g/mol. The lowest BCUT2D eigenvalue weighted by Gasteiger charge is -2.32. The molecule has 0 atom stereocenters. The van der Waals surface area contributed by atoms with Gasteiger partial charge in [0.1, 0.15) is 0 Å². The molecule has 6 aromatic carbocycles. The van der Waals surface area contributed by atoms with E-state index >= 15 is 0 Å². The summed E-state index contributed by atoms with van der Waals surface area (Å²) in [7, 11) is -1.07. The third-order valence-corrected chi connectivity index (χ3v) is 12.4. The summed E-state index contributed by atoms with van der Waals surface area (Å²) in [5, 5.41) is 2.29. The first-order valence-electron chi connectivity index (χ1n) is 20.0. The highest BCUT2D eigenvalue weighted by Gasteiger charge is 2.54. The van der Waals surface area contributed by atoms with Crippen LogP contribution in [0.5, 0.6) is 0 Å². The van der Waals surface area contributed by atoms with E-state index in [1.165, 1.54) is 0 Å². The third kappa shape index (κ3) is 7.07. The van der Waals surface area contributed by atoms with Gasteiger partial charge in [-0.2, -0.15) is 0 Å². The van der Waals surface area contributed by atoms with E-state index in [0.29, 0.717) is 17.5 Å². The van der Waals surface area contributed by atoms with Crippen molar-refractivity contribution >= 4 is 35.9 Å². The largest absolute Gasteiger partial charge is 0.494 e. The average Bonchev–Trinajstić information content (AvgIpc) is 3.60. The fraction of sp³-hybridized carbons (Fsp3) is 0.245. The molecule has 7 aromatic rings. The number of aromatic nitrogens is 3. The van der Waals surface area contributed by atoms with Gasteiger partial charge in [0.25, 0.3) is 0 Å². The van der Waals surface area contributed by atoms with Crippen LogP contribution < -0.4 is 10.9 Å². The molecule has 58 heavy (non-hydrogen) atoms. The minimum atomic E-state index is -0.534. The fourth-order valence-electron chi connectivity index (χ4n) is 7.43. The zero-order chi connectivity index (χ0) is 40.5. The van der Waals surface area contributed by atoms with Crippen molar-refractivity contribution in [3.8, 4) is 56.4 Å². The lowest BCUT2D eigenvalue weighted by molar-refractivity contribution is 0.00578. The van der Waals surface area contributed by atoms with Gasteiger partial charge in [-0.15, -0.1) is 0 Å². The van der Waals surface area contributed by atoms with Gasteiger partial charge in [-0.05, 0) is 111 Å². The molecule has 0 bridgehead atoms. The number of hydrogen-bond acceptors (Lipinski definition) is 7. The monoisotopic (exact) mass is 763 g/mol. The standard InChI is InChI=1S/C49H47B2N3O4/c1-46(2)47(3,4)56-50(55-46)41-29-40(30-42(31-41)51-57-48(5,6)49(7,8)58-51)38-26-22-33-21-25-37(27-39(33)28-38)32-19-23-36(24-20-32)45-53-43(34-15-11-9-12-16-34)52-44(54-45)35-17-13-10-14-18-35/h9-31H,1-8H3. The number of nitrogens with zero attached hydrogens (tertiary/aromatic N) is 3. The van der Waals surface area contributed by atoms with Crippen LogP contribution >= 0.6 is 0 Å². The maximum absolute atomic E-state index is 6.55. The third-order valence-electron chi connectivity index (χ3n) is 12.4. The number of benzene rings is 6. The van der Waals surface area contributed by atoms with Crippen molar-refractivity contribution in [1.82, 2.24) is 15.0 Å². The Bertz CT molecular complexity index is 2500. The van der Waals surface area contributed by atoms with Crippen LogP contribution in [0.15, 0.2) is 140 Å². The van der Waals surface area contributed by atoms with Gasteiger partial charge in [-0.25, -0.2) is 15.0 Å². The molecule has 0 aliphatic carbocycles. The van der Waals surface area contributed by atoms with Gasteiger partial charge in [0.05, 0.1) is 22.4 Å². The van der Waals surface area contributed by atoms with Gasteiger partial charge in [0, 0.05) is 16.7 Å². The first kappa shape index (κ1) is 38.1. The van der Waals surface area contributed by atoms with Crippen LogP contribution in [-0.2, 0) is 18.6 Å². The Morgan fingerprint density at radius 3 is 1.09 bits per heavy atom. The predicted octanol–water partition coefficient (Wildman–Crippen LogP) is 9.96. The normalized spacial score (nSPS) is 17.9. The Morgan fingerprint density at radius 2 is 0.672 bits per heavy atom. The van der Waals surface area contributed by atoms with Gasteiger partial charge in [0.2, 0.25) is 0 Å². The fourth-order valence-corrected chi connectivity index (χ4v) is 7.43. The second-order valence-corrected chi connectivity index (χ2v) is 17.5. The first-order valence-corrected chi connectivity index (χ1v) is 20.0. The maximum atomic E-state index is 6.55. The zero-order valence-electron chi connectivity index (χ0n) is 34.4. The molecule has 9 heteroatoms. The summed E-state index contributed by atoms with van der Waals surface area (Å²) in [5.74, 6) is 1.91. The summed E-state index contributed by atoms with van der Waals surface area (Å²) in [6.45, 7) is 16.6. The van der Waals surface area contributed by atoms with Crippen LogP contribution in [-0.4, -0.2) is 51.6 Å². The highest BCUT2D eigenvalue weighted by molar-refractivity contribution is 6.66. The molecule has 0 N–H and O–H groups in total. The molecule has 9 rings (SSSR count). The van der Waals surface area contributed by atoms with Crippen molar-refractivity contribution in [2.45, 2.75) is 77.8 Å². The number of hydrogen-bond donors (Lipinski definition) is 0. The van der Waals surface area contributed by atoms with Crippen molar-refractivity contribution in [3.05, 3.63) is 140 Å². The van der Waals surface area contributed by atoms with Gasteiger partial charge in [0.15, 0.2) is 17.5 Å². The molecule has 3 heterocycles. The van der Waals surface area contributed by atoms with Gasteiger partial charge in [-0.3, -0.25) is 0 Å². The first-order chi connectivity index (χ1) is 27.6. The molecule has 2 saturated heterocycles.